The summed E-state index contributed by atoms with van der Waals surface area (Å²) in [5.74, 6) is 0.971. The minimum absolute atomic E-state index is 0.0478. The molecule has 5 unspecified atom stereocenters. The molecule has 3 saturated heterocycles. The topological polar surface area (TPSA) is 87.1 Å². The van der Waals surface area contributed by atoms with E-state index in [4.69, 9.17) is 30.8 Å². The lowest BCUT2D eigenvalue weighted by Crippen LogP contribution is -2.72. The first-order valence-corrected chi connectivity index (χ1v) is 15.1. The second kappa shape index (κ2) is 9.79. The molecule has 2 aromatic rings. The summed E-state index contributed by atoms with van der Waals surface area (Å²) in [5, 5.41) is 9.82. The molecule has 41 heavy (non-hydrogen) atoms. The van der Waals surface area contributed by atoms with E-state index in [9.17, 15) is 14.3 Å². The molecule has 8 rings (SSSR count). The Morgan fingerprint density at radius 2 is 2.10 bits per heavy atom. The van der Waals surface area contributed by atoms with E-state index in [1.54, 1.807) is 12.1 Å². The lowest BCUT2D eigenvalue weighted by Gasteiger charge is -2.56. The first-order valence-electron chi connectivity index (χ1n) is 13.9. The van der Waals surface area contributed by atoms with Crippen LogP contribution >= 0.6 is 23.4 Å². The number of piperazine rings is 2. The lowest BCUT2D eigenvalue weighted by molar-refractivity contribution is -0.131. The van der Waals surface area contributed by atoms with Crippen molar-refractivity contribution in [1.82, 2.24) is 9.80 Å². The Labute approximate surface area is 245 Å². The summed E-state index contributed by atoms with van der Waals surface area (Å²) < 4.78 is 33.4. The van der Waals surface area contributed by atoms with E-state index in [1.807, 2.05) is 24.3 Å². The SMILES string of the molecule is O=C(O)C1=CC2C(N=C3CN4CCN(c5cccc6c5O[C@@H](c5ccc(Cl)cc5F)CO6)CC4C(C4CCO4)N32)S1. The van der Waals surface area contributed by atoms with Crippen LogP contribution in [0.5, 0.6) is 11.5 Å². The molecule has 6 aliphatic rings. The van der Waals surface area contributed by atoms with E-state index in [0.717, 1.165) is 50.7 Å². The van der Waals surface area contributed by atoms with Crippen molar-refractivity contribution in [3.8, 4) is 11.5 Å². The fourth-order valence-electron chi connectivity index (χ4n) is 6.94. The van der Waals surface area contributed by atoms with Gasteiger partial charge in [-0.15, -0.1) is 0 Å². The third-order valence-electron chi connectivity index (χ3n) is 8.94. The van der Waals surface area contributed by atoms with E-state index in [-0.39, 0.29) is 36.2 Å². The molecule has 12 heteroatoms. The highest BCUT2D eigenvalue weighted by Crippen LogP contribution is 2.47. The van der Waals surface area contributed by atoms with Crippen molar-refractivity contribution in [2.75, 3.05) is 44.3 Å². The number of para-hydroxylation sites is 1. The van der Waals surface area contributed by atoms with E-state index in [2.05, 4.69) is 14.7 Å². The number of carboxylic acids is 1. The zero-order chi connectivity index (χ0) is 27.8. The smallest absolute Gasteiger partial charge is 0.341 e. The molecule has 0 saturated carbocycles. The quantitative estimate of drug-likeness (QED) is 0.565. The van der Waals surface area contributed by atoms with Crippen molar-refractivity contribution in [1.29, 1.82) is 0 Å². The molecule has 6 heterocycles. The molecule has 0 spiro atoms. The monoisotopic (exact) mass is 598 g/mol. The molecular weight excluding hydrogens is 571 g/mol. The van der Waals surface area contributed by atoms with Crippen LogP contribution in [0.3, 0.4) is 0 Å². The van der Waals surface area contributed by atoms with Gasteiger partial charge in [-0.25, -0.2) is 9.18 Å². The van der Waals surface area contributed by atoms with Crippen LogP contribution in [0.15, 0.2) is 52.4 Å². The summed E-state index contributed by atoms with van der Waals surface area (Å²) >= 11 is 7.32. The van der Waals surface area contributed by atoms with Gasteiger partial charge in [0.25, 0.3) is 0 Å². The number of thioether (sulfide) groups is 1. The number of nitrogens with zero attached hydrogens (tertiary/aromatic N) is 4. The zero-order valence-corrected chi connectivity index (χ0v) is 23.6. The number of aliphatic imine (C=N–C) groups is 1. The van der Waals surface area contributed by atoms with Gasteiger partial charge in [0.2, 0.25) is 0 Å². The van der Waals surface area contributed by atoms with Crippen LogP contribution in [0, 0.1) is 5.82 Å². The van der Waals surface area contributed by atoms with Gasteiger partial charge in [-0.3, -0.25) is 9.89 Å². The second-order valence-electron chi connectivity index (χ2n) is 11.1. The van der Waals surface area contributed by atoms with E-state index in [1.165, 1.54) is 17.8 Å². The van der Waals surface area contributed by atoms with Gasteiger partial charge in [0.05, 0.1) is 41.4 Å². The molecule has 6 aliphatic heterocycles. The molecule has 9 nitrogen and oxygen atoms in total. The van der Waals surface area contributed by atoms with Gasteiger partial charge in [-0.2, -0.15) is 0 Å². The highest BCUT2D eigenvalue weighted by molar-refractivity contribution is 8.04. The number of aliphatic carboxylic acids is 1. The highest BCUT2D eigenvalue weighted by atomic mass is 35.5. The summed E-state index contributed by atoms with van der Waals surface area (Å²) in [6.07, 6.45) is 2.29. The standard InChI is InChI=1S/C29H28ClFN4O5S/c30-15-4-5-16(17(31)10-15)23-14-39-22-3-1-2-18(27(22)40-23)33-7-8-34-13-25-32-28-19(11-24(41-28)29(36)37)35(25)26(20(34)12-33)21-6-9-38-21/h1-5,10-11,19-21,23,26,28H,6-9,12-14H2,(H,36,37)/t19?,20?,21?,23-,26?,28?/m1/s1. The Kier molecular flexibility index (Phi) is 6.14. The van der Waals surface area contributed by atoms with Crippen LogP contribution in [0.1, 0.15) is 18.1 Å². The number of hydrogen-bond donors (Lipinski definition) is 1. The van der Waals surface area contributed by atoms with Gasteiger partial charge in [0.1, 0.15) is 23.6 Å². The molecule has 3 fully saturated rings. The number of fused-ring (bicyclic) bond motifs is 5. The summed E-state index contributed by atoms with van der Waals surface area (Å²) in [6.45, 7) is 4.02. The molecule has 6 atom stereocenters. The number of halogens is 2. The second-order valence-corrected chi connectivity index (χ2v) is 12.7. The number of hydrogen-bond acceptors (Lipinski definition) is 9. The van der Waals surface area contributed by atoms with Gasteiger partial charge in [0, 0.05) is 36.8 Å². The van der Waals surface area contributed by atoms with Crippen molar-refractivity contribution in [2.45, 2.75) is 42.1 Å². The molecule has 0 amide bonds. The molecule has 2 aromatic carbocycles. The fraction of sp³-hybridized carbons (Fsp3) is 0.448. The number of carboxylic acid groups (broad SMARTS) is 1. The van der Waals surface area contributed by atoms with Crippen molar-refractivity contribution < 1.29 is 28.5 Å². The molecule has 0 bridgehead atoms. The molecule has 0 aromatic heterocycles. The molecular formula is C29H28ClFN4O5S. The fourth-order valence-corrected chi connectivity index (χ4v) is 8.21. The normalized spacial score (nSPS) is 32.0. The van der Waals surface area contributed by atoms with Crippen LogP contribution in [-0.4, -0.2) is 95.7 Å². The predicted octanol–water partition coefficient (Wildman–Crippen LogP) is 3.78. The molecule has 0 aliphatic carbocycles. The maximum atomic E-state index is 14.8. The Morgan fingerprint density at radius 1 is 1.22 bits per heavy atom. The number of ether oxygens (including phenoxy) is 3. The molecule has 1 N–H and O–H groups in total. The van der Waals surface area contributed by atoms with Crippen molar-refractivity contribution in [2.24, 2.45) is 4.99 Å². The molecule has 0 radical (unpaired) electrons. The lowest BCUT2D eigenvalue weighted by atomic mass is 9.88. The maximum absolute atomic E-state index is 14.8. The van der Waals surface area contributed by atoms with Crippen molar-refractivity contribution in [3.05, 3.63) is 63.8 Å². The van der Waals surface area contributed by atoms with E-state index in [0.29, 0.717) is 27.0 Å². The van der Waals surface area contributed by atoms with Gasteiger partial charge < -0.3 is 29.1 Å². The maximum Gasteiger partial charge on any atom is 0.341 e. The minimum Gasteiger partial charge on any atom is -0.485 e. The predicted molar refractivity (Wildman–Crippen MR) is 153 cm³/mol. The Morgan fingerprint density at radius 3 is 2.88 bits per heavy atom. The van der Waals surface area contributed by atoms with Crippen LogP contribution in [-0.2, 0) is 9.53 Å². The van der Waals surface area contributed by atoms with Gasteiger partial charge >= 0.3 is 5.97 Å². The first kappa shape index (κ1) is 25.7. The summed E-state index contributed by atoms with van der Waals surface area (Å²) in [7, 11) is 0. The van der Waals surface area contributed by atoms with E-state index < -0.39 is 17.9 Å². The number of anilines is 1. The Balaban J connectivity index is 1.09. The Bertz CT molecular complexity index is 1490. The minimum atomic E-state index is -0.895. The van der Waals surface area contributed by atoms with Crippen LogP contribution < -0.4 is 14.4 Å². The largest absolute Gasteiger partial charge is 0.485 e. The van der Waals surface area contributed by atoms with Crippen LogP contribution in [0.25, 0.3) is 0 Å². The van der Waals surface area contributed by atoms with E-state index >= 15 is 0 Å². The molecule has 214 valence electrons. The summed E-state index contributed by atoms with van der Waals surface area (Å²) in [4.78, 5) is 24.2. The van der Waals surface area contributed by atoms with Crippen molar-refractivity contribution >= 4 is 40.9 Å². The zero-order valence-electron chi connectivity index (χ0n) is 22.0. The number of rotatable bonds is 4. The van der Waals surface area contributed by atoms with Crippen molar-refractivity contribution in [3.63, 3.8) is 0 Å². The third-order valence-corrected chi connectivity index (χ3v) is 10.4. The van der Waals surface area contributed by atoms with Crippen LogP contribution in [0.2, 0.25) is 5.02 Å². The number of benzene rings is 2. The number of carbonyl (C=O) groups is 1. The summed E-state index contributed by atoms with van der Waals surface area (Å²) in [6, 6.07) is 10.6. The average Bonchev–Trinajstić information content (AvgIpc) is 3.49. The van der Waals surface area contributed by atoms with Gasteiger partial charge in [-0.1, -0.05) is 35.5 Å². The Hall–Kier alpha value is -2.99. The van der Waals surface area contributed by atoms with Crippen LogP contribution in [0.4, 0.5) is 10.1 Å². The number of amidine groups is 1. The first-order chi connectivity index (χ1) is 19.9. The average molecular weight is 599 g/mol. The summed E-state index contributed by atoms with van der Waals surface area (Å²) in [5.41, 5.74) is 1.32. The van der Waals surface area contributed by atoms with Gasteiger partial charge in [-0.05, 0) is 36.8 Å². The van der Waals surface area contributed by atoms with Gasteiger partial charge in [0.15, 0.2) is 17.6 Å². The third kappa shape index (κ3) is 4.19. The highest BCUT2D eigenvalue weighted by Gasteiger charge is 2.54.